The highest BCUT2D eigenvalue weighted by molar-refractivity contribution is 5.97. The normalized spacial score (nSPS) is 31.7. The van der Waals surface area contributed by atoms with Gasteiger partial charge in [-0.2, -0.15) is 0 Å². The van der Waals surface area contributed by atoms with Gasteiger partial charge in [-0.15, -0.1) is 0 Å². The van der Waals surface area contributed by atoms with Crippen LogP contribution in [-0.2, 0) is 14.3 Å². The summed E-state index contributed by atoms with van der Waals surface area (Å²) in [5.74, 6) is 0.292. The molecule has 5 heteroatoms. The maximum Gasteiger partial charge on any atom is 0.246 e. The van der Waals surface area contributed by atoms with Crippen molar-refractivity contribution in [1.82, 2.24) is 10.2 Å². The molecule has 0 saturated carbocycles. The lowest BCUT2D eigenvalue weighted by Crippen LogP contribution is -2.67. The van der Waals surface area contributed by atoms with E-state index in [0.717, 1.165) is 25.9 Å². The van der Waals surface area contributed by atoms with Gasteiger partial charge < -0.3 is 15.0 Å². The SMILES string of the molecule is CCC(C)C1NC(=O)C(C(C)C)N(CC2CCCO2)C1=O. The molecule has 4 unspecified atom stereocenters. The average molecular weight is 296 g/mol. The Hall–Kier alpha value is -1.10. The third-order valence-corrected chi connectivity index (χ3v) is 4.72. The van der Waals surface area contributed by atoms with Crippen molar-refractivity contribution in [2.45, 2.75) is 65.1 Å². The number of piperazine rings is 1. The van der Waals surface area contributed by atoms with Crippen LogP contribution in [0.1, 0.15) is 47.0 Å². The number of rotatable bonds is 5. The molecule has 2 heterocycles. The number of carbonyl (C=O) groups excluding carboxylic acids is 2. The quantitative estimate of drug-likeness (QED) is 0.837. The van der Waals surface area contributed by atoms with Crippen LogP contribution in [0.3, 0.4) is 0 Å². The number of amides is 2. The molecule has 120 valence electrons. The molecule has 0 bridgehead atoms. The summed E-state index contributed by atoms with van der Waals surface area (Å²) in [7, 11) is 0. The third-order valence-electron chi connectivity index (χ3n) is 4.72. The predicted octanol–water partition coefficient (Wildman–Crippen LogP) is 1.56. The predicted molar refractivity (Wildman–Crippen MR) is 80.7 cm³/mol. The fourth-order valence-electron chi connectivity index (χ4n) is 3.25. The minimum absolute atomic E-state index is 0.0205. The van der Waals surface area contributed by atoms with Gasteiger partial charge in [-0.1, -0.05) is 34.1 Å². The average Bonchev–Trinajstić information content (AvgIpc) is 2.94. The Morgan fingerprint density at radius 1 is 1.33 bits per heavy atom. The van der Waals surface area contributed by atoms with Gasteiger partial charge in [0, 0.05) is 13.2 Å². The molecule has 0 aromatic heterocycles. The van der Waals surface area contributed by atoms with Crippen LogP contribution >= 0.6 is 0 Å². The molecule has 0 aliphatic carbocycles. The Kier molecular flexibility index (Phi) is 5.25. The molecule has 2 saturated heterocycles. The number of ether oxygens (including phenoxy) is 1. The van der Waals surface area contributed by atoms with Gasteiger partial charge in [-0.05, 0) is 24.7 Å². The molecule has 0 spiro atoms. The van der Waals surface area contributed by atoms with E-state index in [0.29, 0.717) is 6.54 Å². The first kappa shape index (κ1) is 16.3. The highest BCUT2D eigenvalue weighted by Crippen LogP contribution is 2.24. The maximum atomic E-state index is 12.8. The van der Waals surface area contributed by atoms with Crippen molar-refractivity contribution >= 4 is 11.8 Å². The molecule has 0 aromatic rings. The molecule has 21 heavy (non-hydrogen) atoms. The fourth-order valence-corrected chi connectivity index (χ4v) is 3.25. The minimum Gasteiger partial charge on any atom is -0.376 e. The third kappa shape index (κ3) is 3.39. The Morgan fingerprint density at radius 3 is 2.57 bits per heavy atom. The van der Waals surface area contributed by atoms with E-state index in [9.17, 15) is 9.59 Å². The van der Waals surface area contributed by atoms with Gasteiger partial charge in [0.1, 0.15) is 12.1 Å². The number of carbonyl (C=O) groups is 2. The number of nitrogens with one attached hydrogen (secondary N) is 1. The Bertz CT molecular complexity index is 391. The van der Waals surface area contributed by atoms with E-state index in [1.807, 2.05) is 27.7 Å². The van der Waals surface area contributed by atoms with Crippen LogP contribution in [0.4, 0.5) is 0 Å². The summed E-state index contributed by atoms with van der Waals surface area (Å²) in [5.41, 5.74) is 0. The first-order valence-electron chi connectivity index (χ1n) is 8.18. The summed E-state index contributed by atoms with van der Waals surface area (Å²) in [4.78, 5) is 27.1. The van der Waals surface area contributed by atoms with Crippen LogP contribution < -0.4 is 5.32 Å². The fraction of sp³-hybridized carbons (Fsp3) is 0.875. The smallest absolute Gasteiger partial charge is 0.246 e. The summed E-state index contributed by atoms with van der Waals surface area (Å²) >= 11 is 0. The van der Waals surface area contributed by atoms with Gasteiger partial charge in [-0.3, -0.25) is 9.59 Å². The molecule has 2 amide bonds. The number of hydrogen-bond donors (Lipinski definition) is 1. The largest absolute Gasteiger partial charge is 0.376 e. The van der Waals surface area contributed by atoms with Crippen LogP contribution in [0.25, 0.3) is 0 Å². The minimum atomic E-state index is -0.390. The van der Waals surface area contributed by atoms with E-state index in [1.165, 1.54) is 0 Å². The van der Waals surface area contributed by atoms with Gasteiger partial charge in [0.15, 0.2) is 0 Å². The molecule has 0 aromatic carbocycles. The molecule has 2 aliphatic rings. The van der Waals surface area contributed by atoms with E-state index >= 15 is 0 Å². The lowest BCUT2D eigenvalue weighted by molar-refractivity contribution is -0.154. The molecule has 2 fully saturated rings. The molecule has 4 atom stereocenters. The van der Waals surface area contributed by atoms with Crippen LogP contribution in [0.15, 0.2) is 0 Å². The summed E-state index contributed by atoms with van der Waals surface area (Å²) in [6, 6.07) is -0.763. The molecule has 1 N–H and O–H groups in total. The van der Waals surface area contributed by atoms with Crippen LogP contribution in [0.2, 0.25) is 0 Å². The Balaban J connectivity index is 2.19. The van der Waals surface area contributed by atoms with Crippen molar-refractivity contribution in [3.63, 3.8) is 0 Å². The van der Waals surface area contributed by atoms with Gasteiger partial charge in [0.05, 0.1) is 6.10 Å². The molecule has 2 aliphatic heterocycles. The Labute approximate surface area is 127 Å². The number of nitrogens with zero attached hydrogens (tertiary/aromatic N) is 1. The summed E-state index contributed by atoms with van der Waals surface area (Å²) in [5, 5.41) is 2.93. The second-order valence-corrected chi connectivity index (χ2v) is 6.69. The number of hydrogen-bond acceptors (Lipinski definition) is 3. The second-order valence-electron chi connectivity index (χ2n) is 6.69. The van der Waals surface area contributed by atoms with Crippen molar-refractivity contribution in [3.8, 4) is 0 Å². The highest BCUT2D eigenvalue weighted by atomic mass is 16.5. The summed E-state index contributed by atoms with van der Waals surface area (Å²) in [6.45, 7) is 9.35. The van der Waals surface area contributed by atoms with Crippen molar-refractivity contribution in [2.75, 3.05) is 13.2 Å². The maximum absolute atomic E-state index is 12.8. The van der Waals surface area contributed by atoms with Gasteiger partial charge in [-0.25, -0.2) is 0 Å². The summed E-state index contributed by atoms with van der Waals surface area (Å²) < 4.78 is 5.66. The van der Waals surface area contributed by atoms with Crippen molar-refractivity contribution in [2.24, 2.45) is 11.8 Å². The van der Waals surface area contributed by atoms with Crippen LogP contribution in [0.5, 0.6) is 0 Å². The molecular formula is C16H28N2O3. The Morgan fingerprint density at radius 2 is 2.05 bits per heavy atom. The monoisotopic (exact) mass is 296 g/mol. The van der Waals surface area contributed by atoms with Crippen LogP contribution in [0, 0.1) is 11.8 Å². The first-order chi connectivity index (χ1) is 9.95. The molecule has 0 radical (unpaired) electrons. The van der Waals surface area contributed by atoms with Crippen LogP contribution in [-0.4, -0.2) is 48.1 Å². The van der Waals surface area contributed by atoms with Crippen molar-refractivity contribution < 1.29 is 14.3 Å². The zero-order valence-corrected chi connectivity index (χ0v) is 13.6. The van der Waals surface area contributed by atoms with E-state index in [-0.39, 0.29) is 41.8 Å². The topological polar surface area (TPSA) is 58.6 Å². The van der Waals surface area contributed by atoms with Gasteiger partial charge in [0.25, 0.3) is 0 Å². The van der Waals surface area contributed by atoms with Crippen molar-refractivity contribution in [1.29, 1.82) is 0 Å². The van der Waals surface area contributed by atoms with E-state index < -0.39 is 0 Å². The van der Waals surface area contributed by atoms with E-state index in [2.05, 4.69) is 5.32 Å². The lowest BCUT2D eigenvalue weighted by atomic mass is 9.90. The highest BCUT2D eigenvalue weighted by Gasteiger charge is 2.44. The standard InChI is InChI=1S/C16H28N2O3/c1-5-11(4)13-16(20)18(9-12-7-6-8-21-12)14(10(2)3)15(19)17-13/h10-14H,5-9H2,1-4H3,(H,17,19). The van der Waals surface area contributed by atoms with E-state index in [1.54, 1.807) is 4.90 Å². The molecule has 2 rings (SSSR count). The second kappa shape index (κ2) is 6.77. The zero-order chi connectivity index (χ0) is 15.6. The van der Waals surface area contributed by atoms with E-state index in [4.69, 9.17) is 4.74 Å². The molecule has 5 nitrogen and oxygen atoms in total. The van der Waals surface area contributed by atoms with Gasteiger partial charge in [0.2, 0.25) is 11.8 Å². The van der Waals surface area contributed by atoms with Crippen molar-refractivity contribution in [3.05, 3.63) is 0 Å². The molecular weight excluding hydrogens is 268 g/mol. The zero-order valence-electron chi connectivity index (χ0n) is 13.6. The first-order valence-corrected chi connectivity index (χ1v) is 8.18. The summed E-state index contributed by atoms with van der Waals surface area (Å²) in [6.07, 6.45) is 2.97. The van der Waals surface area contributed by atoms with Gasteiger partial charge >= 0.3 is 0 Å². The lowest BCUT2D eigenvalue weighted by Gasteiger charge is -2.43.